The average molecular weight is 434 g/mol. The number of carbonyl (C=O) groups is 1. The Labute approximate surface area is 192 Å². The Bertz CT molecular complexity index is 912. The fraction of sp³-hybridized carbons (Fsp3) is 0.393. The Morgan fingerprint density at radius 1 is 0.812 bits per heavy atom. The highest BCUT2D eigenvalue weighted by Crippen LogP contribution is 2.28. The summed E-state index contributed by atoms with van der Waals surface area (Å²) in [5.74, 6) is 1.70. The molecule has 0 bridgehead atoms. The maximum atomic E-state index is 13.5. The molecule has 0 N–H and O–H groups in total. The lowest BCUT2D eigenvalue weighted by molar-refractivity contribution is -0.113. The minimum Gasteiger partial charge on any atom is -0.490 e. The summed E-state index contributed by atoms with van der Waals surface area (Å²) in [4.78, 5) is 15.8. The normalized spacial score (nSPS) is 17.5. The number of piperidine rings is 1. The van der Waals surface area contributed by atoms with E-state index in [1.54, 1.807) is 0 Å². The summed E-state index contributed by atoms with van der Waals surface area (Å²) in [5.41, 5.74) is 3.45. The zero-order chi connectivity index (χ0) is 23.1. The van der Waals surface area contributed by atoms with Gasteiger partial charge in [-0.1, -0.05) is 43.3 Å². The molecule has 0 spiro atoms. The maximum absolute atomic E-state index is 13.5. The van der Waals surface area contributed by atoms with E-state index in [2.05, 4.69) is 11.8 Å². The maximum Gasteiger partial charge on any atom is 0.187 e. The van der Waals surface area contributed by atoms with Crippen LogP contribution < -0.4 is 9.47 Å². The largest absolute Gasteiger partial charge is 0.490 e. The van der Waals surface area contributed by atoms with Crippen molar-refractivity contribution in [1.82, 2.24) is 4.90 Å². The molecule has 2 aromatic rings. The van der Waals surface area contributed by atoms with Crippen LogP contribution >= 0.6 is 0 Å². The number of nitrogens with zero attached hydrogens (tertiary/aromatic N) is 1. The highest BCUT2D eigenvalue weighted by atomic mass is 16.5. The molecule has 3 rings (SSSR count). The molecular weight excluding hydrogens is 398 g/mol. The van der Waals surface area contributed by atoms with E-state index in [1.165, 1.54) is 0 Å². The Morgan fingerprint density at radius 2 is 1.25 bits per heavy atom. The third-order valence-electron chi connectivity index (χ3n) is 5.13. The van der Waals surface area contributed by atoms with E-state index in [9.17, 15) is 4.79 Å². The number of hydrogen-bond acceptors (Lipinski definition) is 4. The van der Waals surface area contributed by atoms with Crippen molar-refractivity contribution < 1.29 is 14.3 Å². The van der Waals surface area contributed by atoms with Gasteiger partial charge in [-0.3, -0.25) is 9.69 Å². The number of rotatable bonds is 8. The number of benzene rings is 2. The summed E-state index contributed by atoms with van der Waals surface area (Å²) in [6, 6.07) is 15.8. The van der Waals surface area contributed by atoms with Gasteiger partial charge >= 0.3 is 0 Å². The van der Waals surface area contributed by atoms with Crippen LogP contribution in [0.3, 0.4) is 0 Å². The van der Waals surface area contributed by atoms with Crippen molar-refractivity contribution in [2.75, 3.05) is 19.6 Å². The second kappa shape index (κ2) is 11.1. The summed E-state index contributed by atoms with van der Waals surface area (Å²) in [6.45, 7) is 12.4. The van der Waals surface area contributed by atoms with Gasteiger partial charge in [-0.05, 0) is 64.9 Å². The average Bonchev–Trinajstić information content (AvgIpc) is 2.73. The predicted octanol–water partition coefficient (Wildman–Crippen LogP) is 6.02. The van der Waals surface area contributed by atoms with Crippen molar-refractivity contribution in [3.63, 3.8) is 0 Å². The second-order valence-electron chi connectivity index (χ2n) is 8.79. The standard InChI is InChI=1S/C28H35NO3/c1-6-15-29-18-24(16-22-11-7-9-13-26(22)31-20(2)3)28(30)25(19-29)17-23-12-8-10-14-27(23)32-21(4)5/h7-14,16-17,20-21H,6,15,18-19H2,1-5H3/b24-16+,25-17+. The van der Waals surface area contributed by atoms with E-state index in [4.69, 9.17) is 9.47 Å². The molecule has 0 aliphatic carbocycles. The minimum atomic E-state index is 0.0705. The molecule has 1 fully saturated rings. The van der Waals surface area contributed by atoms with Gasteiger partial charge in [0.25, 0.3) is 0 Å². The summed E-state index contributed by atoms with van der Waals surface area (Å²) >= 11 is 0. The van der Waals surface area contributed by atoms with Crippen LogP contribution in [0.5, 0.6) is 11.5 Å². The number of para-hydroxylation sites is 2. The fourth-order valence-corrected chi connectivity index (χ4v) is 3.88. The number of carbonyl (C=O) groups excluding carboxylic acids is 1. The number of Topliss-reactive ketones (excluding diaryl/α,β-unsaturated/α-hetero) is 1. The van der Waals surface area contributed by atoms with Gasteiger partial charge in [-0.2, -0.15) is 0 Å². The van der Waals surface area contributed by atoms with Crippen molar-refractivity contribution in [2.45, 2.75) is 53.2 Å². The molecule has 4 heteroatoms. The van der Waals surface area contributed by atoms with Gasteiger partial charge in [0, 0.05) is 35.4 Å². The SMILES string of the molecule is CCCN1C/C(=C\c2ccccc2OC(C)C)C(=O)/C(=C/c2ccccc2OC(C)C)C1. The van der Waals surface area contributed by atoms with Crippen molar-refractivity contribution in [1.29, 1.82) is 0 Å². The van der Waals surface area contributed by atoms with Gasteiger partial charge in [0.1, 0.15) is 11.5 Å². The number of likely N-dealkylation sites (tertiary alicyclic amines) is 1. The van der Waals surface area contributed by atoms with Crippen LogP contribution in [0, 0.1) is 0 Å². The first-order chi connectivity index (χ1) is 15.4. The fourth-order valence-electron chi connectivity index (χ4n) is 3.88. The van der Waals surface area contributed by atoms with Crippen LogP contribution in [-0.4, -0.2) is 42.5 Å². The molecule has 1 aliphatic rings. The molecule has 0 aromatic heterocycles. The van der Waals surface area contributed by atoms with Crippen molar-refractivity contribution in [3.8, 4) is 11.5 Å². The van der Waals surface area contributed by atoms with Gasteiger partial charge in [0.15, 0.2) is 5.78 Å². The molecular formula is C28H35NO3. The van der Waals surface area contributed by atoms with Gasteiger partial charge in [0.2, 0.25) is 0 Å². The van der Waals surface area contributed by atoms with Crippen LogP contribution in [0.4, 0.5) is 0 Å². The molecule has 1 heterocycles. The zero-order valence-electron chi connectivity index (χ0n) is 19.9. The van der Waals surface area contributed by atoms with E-state index in [0.717, 1.165) is 46.7 Å². The smallest absolute Gasteiger partial charge is 0.187 e. The lowest BCUT2D eigenvalue weighted by atomic mass is 9.93. The third-order valence-corrected chi connectivity index (χ3v) is 5.13. The lowest BCUT2D eigenvalue weighted by Gasteiger charge is -2.29. The molecule has 1 saturated heterocycles. The Hall–Kier alpha value is -2.85. The quantitative estimate of drug-likeness (QED) is 0.477. The third kappa shape index (κ3) is 6.33. The van der Waals surface area contributed by atoms with Gasteiger partial charge in [-0.15, -0.1) is 0 Å². The first-order valence-electron chi connectivity index (χ1n) is 11.6. The van der Waals surface area contributed by atoms with Crippen LogP contribution in [0.25, 0.3) is 12.2 Å². The molecule has 0 atom stereocenters. The zero-order valence-corrected chi connectivity index (χ0v) is 19.9. The van der Waals surface area contributed by atoms with Crippen LogP contribution in [-0.2, 0) is 4.79 Å². The highest BCUT2D eigenvalue weighted by Gasteiger charge is 2.26. The molecule has 170 valence electrons. The van der Waals surface area contributed by atoms with Gasteiger partial charge < -0.3 is 9.47 Å². The molecule has 0 saturated carbocycles. The Balaban J connectivity index is 1.99. The van der Waals surface area contributed by atoms with Crippen LogP contribution in [0.15, 0.2) is 59.7 Å². The van der Waals surface area contributed by atoms with Crippen molar-refractivity contribution in [2.24, 2.45) is 0 Å². The first kappa shape index (κ1) is 23.8. The van der Waals surface area contributed by atoms with Crippen molar-refractivity contribution >= 4 is 17.9 Å². The topological polar surface area (TPSA) is 38.8 Å². The number of ketones is 1. The molecule has 1 aliphatic heterocycles. The summed E-state index contributed by atoms with van der Waals surface area (Å²) in [7, 11) is 0. The summed E-state index contributed by atoms with van der Waals surface area (Å²) in [5, 5.41) is 0. The van der Waals surface area contributed by atoms with Gasteiger partial charge in [0.05, 0.1) is 12.2 Å². The van der Waals surface area contributed by atoms with E-state index >= 15 is 0 Å². The minimum absolute atomic E-state index is 0.0705. The van der Waals surface area contributed by atoms with Crippen LogP contribution in [0.2, 0.25) is 0 Å². The summed E-state index contributed by atoms with van der Waals surface area (Å²) in [6.07, 6.45) is 5.16. The monoisotopic (exact) mass is 433 g/mol. The molecule has 32 heavy (non-hydrogen) atoms. The van der Waals surface area contributed by atoms with E-state index in [-0.39, 0.29) is 18.0 Å². The molecule has 2 aromatic carbocycles. The summed E-state index contributed by atoms with van der Waals surface area (Å²) < 4.78 is 11.9. The number of ether oxygens (including phenoxy) is 2. The van der Waals surface area contributed by atoms with Crippen LogP contribution in [0.1, 0.15) is 52.2 Å². The first-order valence-corrected chi connectivity index (χ1v) is 11.6. The lowest BCUT2D eigenvalue weighted by Crippen LogP contribution is -2.38. The molecule has 4 nitrogen and oxygen atoms in total. The van der Waals surface area contributed by atoms with E-state index in [0.29, 0.717) is 13.1 Å². The van der Waals surface area contributed by atoms with E-state index < -0.39 is 0 Å². The Morgan fingerprint density at radius 3 is 1.66 bits per heavy atom. The number of hydrogen-bond donors (Lipinski definition) is 0. The molecule has 0 amide bonds. The molecule has 0 unspecified atom stereocenters. The second-order valence-corrected chi connectivity index (χ2v) is 8.79. The molecule has 0 radical (unpaired) electrons. The van der Waals surface area contributed by atoms with Gasteiger partial charge in [-0.25, -0.2) is 0 Å². The predicted molar refractivity (Wildman–Crippen MR) is 132 cm³/mol. The van der Waals surface area contributed by atoms with Crippen molar-refractivity contribution in [3.05, 3.63) is 70.8 Å². The van der Waals surface area contributed by atoms with E-state index in [1.807, 2.05) is 88.4 Å². The Kier molecular flexibility index (Phi) is 8.29. The highest BCUT2D eigenvalue weighted by molar-refractivity contribution is 6.14.